The van der Waals surface area contributed by atoms with Crippen LogP contribution in [0.1, 0.15) is 5.56 Å². The molecule has 1 N–H and O–H groups in total. The van der Waals surface area contributed by atoms with E-state index < -0.39 is 0 Å². The average molecular weight is 403 g/mol. The number of fused-ring (bicyclic) bond motifs is 1. The van der Waals surface area contributed by atoms with Crippen LogP contribution in [0.25, 0.3) is 34.2 Å². The number of aromatic nitrogens is 2. The highest BCUT2D eigenvalue weighted by Crippen LogP contribution is 2.33. The van der Waals surface area contributed by atoms with E-state index in [0.29, 0.717) is 20.7 Å². The number of carbonyl (C=O) groups excluding carboxylic acids is 1. The Labute approximate surface area is 170 Å². The van der Waals surface area contributed by atoms with Crippen LogP contribution in [0, 0.1) is 0 Å². The molecule has 5 rings (SSSR count). The first kappa shape index (κ1) is 17.0. The molecule has 0 bridgehead atoms. The van der Waals surface area contributed by atoms with Crippen molar-refractivity contribution >= 4 is 51.3 Å². The van der Waals surface area contributed by atoms with E-state index >= 15 is 0 Å². The van der Waals surface area contributed by atoms with Crippen molar-refractivity contribution in [1.82, 2.24) is 15.1 Å². The number of thiocarbonyl (C=S) groups is 1. The predicted octanol–water partition coefficient (Wildman–Crippen LogP) is 4.77. The first-order chi connectivity index (χ1) is 13.7. The maximum Gasteiger partial charge on any atom is 0.263 e. The number of amides is 1. The SMILES string of the molecule is O=C1NC(=S)S/C1=C\c1cn(-c2ccccc2)nc1-c1cc2ccccc2o1. The molecule has 4 aromatic rings. The van der Waals surface area contributed by atoms with E-state index in [2.05, 4.69) is 5.32 Å². The Morgan fingerprint density at radius 1 is 1.11 bits per heavy atom. The Bertz CT molecular complexity index is 1220. The van der Waals surface area contributed by atoms with Gasteiger partial charge in [0.1, 0.15) is 15.6 Å². The summed E-state index contributed by atoms with van der Waals surface area (Å²) in [6.07, 6.45) is 3.69. The normalized spacial score (nSPS) is 15.5. The lowest BCUT2D eigenvalue weighted by Gasteiger charge is -1.98. The number of rotatable bonds is 3. The number of carbonyl (C=O) groups is 1. The van der Waals surface area contributed by atoms with Gasteiger partial charge in [-0.2, -0.15) is 5.10 Å². The molecule has 2 aromatic carbocycles. The van der Waals surface area contributed by atoms with Crippen LogP contribution in [0.2, 0.25) is 0 Å². The van der Waals surface area contributed by atoms with E-state index in [0.717, 1.165) is 22.2 Å². The summed E-state index contributed by atoms with van der Waals surface area (Å²) < 4.78 is 8.26. The predicted molar refractivity (Wildman–Crippen MR) is 115 cm³/mol. The van der Waals surface area contributed by atoms with Gasteiger partial charge in [-0.15, -0.1) is 0 Å². The lowest BCUT2D eigenvalue weighted by molar-refractivity contribution is -0.115. The van der Waals surface area contributed by atoms with Crippen molar-refractivity contribution in [3.63, 3.8) is 0 Å². The van der Waals surface area contributed by atoms with E-state index in [-0.39, 0.29) is 5.91 Å². The van der Waals surface area contributed by atoms with Gasteiger partial charge in [-0.25, -0.2) is 4.68 Å². The van der Waals surface area contributed by atoms with Crippen LogP contribution in [-0.2, 0) is 4.79 Å². The second-order valence-electron chi connectivity index (χ2n) is 6.21. The zero-order chi connectivity index (χ0) is 19.1. The molecule has 0 spiro atoms. The van der Waals surface area contributed by atoms with E-state index in [1.165, 1.54) is 11.8 Å². The van der Waals surface area contributed by atoms with Crippen LogP contribution in [0.5, 0.6) is 0 Å². The molecule has 0 saturated carbocycles. The first-order valence-electron chi connectivity index (χ1n) is 8.56. The second kappa shape index (κ2) is 6.78. The lowest BCUT2D eigenvalue weighted by Crippen LogP contribution is -2.17. The van der Waals surface area contributed by atoms with Crippen LogP contribution in [-0.4, -0.2) is 20.0 Å². The molecule has 136 valence electrons. The highest BCUT2D eigenvalue weighted by Gasteiger charge is 2.24. The van der Waals surface area contributed by atoms with Crippen LogP contribution in [0.15, 0.2) is 76.2 Å². The van der Waals surface area contributed by atoms with Gasteiger partial charge >= 0.3 is 0 Å². The van der Waals surface area contributed by atoms with Crippen LogP contribution >= 0.6 is 24.0 Å². The number of benzene rings is 2. The molecule has 0 unspecified atom stereocenters. The molecule has 1 saturated heterocycles. The molecule has 0 aliphatic carbocycles. The molecule has 3 heterocycles. The zero-order valence-corrected chi connectivity index (χ0v) is 16.1. The van der Waals surface area contributed by atoms with Crippen molar-refractivity contribution in [3.05, 3.63) is 77.3 Å². The van der Waals surface area contributed by atoms with Crippen molar-refractivity contribution in [3.8, 4) is 17.1 Å². The molecule has 1 aliphatic heterocycles. The summed E-state index contributed by atoms with van der Waals surface area (Å²) in [7, 11) is 0. The van der Waals surface area contributed by atoms with Crippen molar-refractivity contribution in [2.75, 3.05) is 0 Å². The molecular formula is C21H13N3O2S2. The maximum atomic E-state index is 12.1. The molecular weight excluding hydrogens is 390 g/mol. The van der Waals surface area contributed by atoms with Crippen molar-refractivity contribution in [2.24, 2.45) is 0 Å². The van der Waals surface area contributed by atoms with Gasteiger partial charge < -0.3 is 9.73 Å². The summed E-state index contributed by atoms with van der Waals surface area (Å²) in [5.74, 6) is 0.451. The highest BCUT2D eigenvalue weighted by atomic mass is 32.2. The van der Waals surface area contributed by atoms with Gasteiger partial charge in [-0.05, 0) is 30.3 Å². The Kier molecular flexibility index (Phi) is 4.11. The fraction of sp³-hybridized carbons (Fsp3) is 0. The fourth-order valence-electron chi connectivity index (χ4n) is 3.06. The third-order valence-electron chi connectivity index (χ3n) is 4.35. The Morgan fingerprint density at radius 2 is 1.89 bits per heavy atom. The summed E-state index contributed by atoms with van der Waals surface area (Å²) in [4.78, 5) is 12.7. The summed E-state index contributed by atoms with van der Waals surface area (Å²) in [5.41, 5.74) is 3.16. The monoisotopic (exact) mass is 403 g/mol. The second-order valence-corrected chi connectivity index (χ2v) is 7.93. The van der Waals surface area contributed by atoms with E-state index in [4.69, 9.17) is 21.7 Å². The van der Waals surface area contributed by atoms with Crippen molar-refractivity contribution in [1.29, 1.82) is 0 Å². The summed E-state index contributed by atoms with van der Waals surface area (Å²) in [5, 5.41) is 8.38. The topological polar surface area (TPSA) is 60.1 Å². The van der Waals surface area contributed by atoms with Gasteiger partial charge in [0, 0.05) is 17.1 Å². The number of thioether (sulfide) groups is 1. The van der Waals surface area contributed by atoms with Gasteiger partial charge in [-0.3, -0.25) is 4.79 Å². The van der Waals surface area contributed by atoms with Crippen molar-refractivity contribution < 1.29 is 9.21 Å². The summed E-state index contributed by atoms with van der Waals surface area (Å²) >= 11 is 6.34. The zero-order valence-electron chi connectivity index (χ0n) is 14.5. The van der Waals surface area contributed by atoms with Crippen LogP contribution < -0.4 is 5.32 Å². The molecule has 2 aromatic heterocycles. The number of hydrogen-bond donors (Lipinski definition) is 1. The third-order valence-corrected chi connectivity index (χ3v) is 5.51. The minimum absolute atomic E-state index is 0.196. The number of nitrogens with one attached hydrogen (secondary N) is 1. The quantitative estimate of drug-likeness (QED) is 0.394. The van der Waals surface area contributed by atoms with Crippen LogP contribution in [0.3, 0.4) is 0 Å². The van der Waals surface area contributed by atoms with Crippen molar-refractivity contribution in [2.45, 2.75) is 0 Å². The molecule has 1 aliphatic rings. The number of nitrogens with zero attached hydrogens (tertiary/aromatic N) is 2. The summed E-state index contributed by atoms with van der Waals surface area (Å²) in [6, 6.07) is 19.6. The molecule has 1 fully saturated rings. The Hall–Kier alpha value is -3.16. The standard InChI is InChI=1S/C21H13N3O2S2/c25-20-18(28-21(27)22-20)11-14-12-24(15-7-2-1-3-8-15)23-19(14)17-10-13-6-4-5-9-16(13)26-17/h1-12H,(H,22,25,27)/b18-11-. The smallest absolute Gasteiger partial charge is 0.263 e. The van der Waals surface area contributed by atoms with Crippen LogP contribution in [0.4, 0.5) is 0 Å². The molecule has 0 atom stereocenters. The first-order valence-corrected chi connectivity index (χ1v) is 9.79. The van der Waals surface area contributed by atoms with E-state index in [9.17, 15) is 4.79 Å². The van der Waals surface area contributed by atoms with Gasteiger partial charge in [0.15, 0.2) is 5.76 Å². The van der Waals surface area contributed by atoms with Gasteiger partial charge in [-0.1, -0.05) is 60.4 Å². The molecule has 1 amide bonds. The third kappa shape index (κ3) is 3.04. The van der Waals surface area contributed by atoms with Gasteiger partial charge in [0.05, 0.1) is 10.6 Å². The lowest BCUT2D eigenvalue weighted by atomic mass is 10.2. The van der Waals surface area contributed by atoms with Gasteiger partial charge in [0.2, 0.25) is 0 Å². The Balaban J connectivity index is 1.68. The molecule has 5 nitrogen and oxygen atoms in total. The molecule has 0 radical (unpaired) electrons. The summed E-state index contributed by atoms with van der Waals surface area (Å²) in [6.45, 7) is 0. The molecule has 28 heavy (non-hydrogen) atoms. The maximum absolute atomic E-state index is 12.1. The van der Waals surface area contributed by atoms with E-state index in [1.54, 1.807) is 10.8 Å². The number of hydrogen-bond acceptors (Lipinski definition) is 5. The minimum Gasteiger partial charge on any atom is -0.454 e. The van der Waals surface area contributed by atoms with E-state index in [1.807, 2.05) is 66.9 Å². The largest absolute Gasteiger partial charge is 0.454 e. The average Bonchev–Trinajstić information content (AvgIpc) is 3.39. The number of para-hydroxylation sites is 2. The number of furan rings is 1. The fourth-order valence-corrected chi connectivity index (χ4v) is 4.09. The minimum atomic E-state index is -0.196. The van der Waals surface area contributed by atoms with Gasteiger partial charge in [0.25, 0.3) is 5.91 Å². The Morgan fingerprint density at radius 3 is 2.64 bits per heavy atom. The highest BCUT2D eigenvalue weighted by molar-refractivity contribution is 8.26. The molecule has 7 heteroatoms.